The Morgan fingerprint density at radius 2 is 2.05 bits per heavy atom. The molecule has 4 nitrogen and oxygen atoms in total. The van der Waals surface area contributed by atoms with Crippen LogP contribution in [0.1, 0.15) is 49.1 Å². The number of aliphatic hydroxyl groups excluding tert-OH is 1. The van der Waals surface area contributed by atoms with Gasteiger partial charge < -0.3 is 14.4 Å². The van der Waals surface area contributed by atoms with Crippen molar-refractivity contribution >= 4 is 21.8 Å². The molecule has 5 heteroatoms. The summed E-state index contributed by atoms with van der Waals surface area (Å²) in [6.07, 6.45) is 5.91. The topological polar surface area (TPSA) is 53.7 Å². The molecule has 3 atom stereocenters. The summed E-state index contributed by atoms with van der Waals surface area (Å²) in [5.74, 6) is 0.568. The number of likely N-dealkylation sites (tertiary alicyclic amines) is 1. The first-order chi connectivity index (χ1) is 9.66. The van der Waals surface area contributed by atoms with E-state index in [-0.39, 0.29) is 24.0 Å². The Balaban J connectivity index is 1.76. The van der Waals surface area contributed by atoms with Crippen LogP contribution in [-0.4, -0.2) is 34.6 Å². The van der Waals surface area contributed by atoms with Crippen LogP contribution in [0.3, 0.4) is 0 Å². The third-order valence-electron chi connectivity index (χ3n) is 4.62. The molecule has 1 aliphatic heterocycles. The van der Waals surface area contributed by atoms with Crippen LogP contribution in [0.15, 0.2) is 21.2 Å². The highest BCUT2D eigenvalue weighted by molar-refractivity contribution is 9.10. The molecule has 3 rings (SSSR count). The Hall–Kier alpha value is -0.810. The highest BCUT2D eigenvalue weighted by Gasteiger charge is 2.39. The second kappa shape index (κ2) is 5.90. The predicted molar refractivity (Wildman–Crippen MR) is 78.4 cm³/mol. The lowest BCUT2D eigenvalue weighted by atomic mass is 9.80. The fourth-order valence-electron chi connectivity index (χ4n) is 3.65. The van der Waals surface area contributed by atoms with Crippen LogP contribution in [0.4, 0.5) is 0 Å². The Morgan fingerprint density at radius 3 is 2.75 bits per heavy atom. The first kappa shape index (κ1) is 14.1. The number of nitrogens with zero attached hydrogens (tertiary/aromatic N) is 1. The summed E-state index contributed by atoms with van der Waals surface area (Å²) in [6, 6.07) is 3.62. The van der Waals surface area contributed by atoms with Crippen LogP contribution in [0.5, 0.6) is 0 Å². The zero-order chi connectivity index (χ0) is 14.1. The van der Waals surface area contributed by atoms with Crippen LogP contribution in [0.2, 0.25) is 0 Å². The quantitative estimate of drug-likeness (QED) is 0.898. The molecule has 20 heavy (non-hydrogen) atoms. The van der Waals surface area contributed by atoms with E-state index in [1.54, 1.807) is 12.1 Å². The average molecular weight is 342 g/mol. The van der Waals surface area contributed by atoms with Gasteiger partial charge in [-0.15, -0.1) is 0 Å². The third-order valence-corrected chi connectivity index (χ3v) is 5.05. The van der Waals surface area contributed by atoms with Gasteiger partial charge in [-0.25, -0.2) is 0 Å². The molecule has 1 aromatic rings. The molecular formula is C15H20BrNO3. The molecule has 0 bridgehead atoms. The standard InChI is InChI=1S/C15H20BrNO3/c16-14-8-7-13(20-14)15(19)17-9-3-5-11(17)10-4-1-2-6-12(10)18/h7-8,10-12,18H,1-6,9H2. The number of amides is 1. The van der Waals surface area contributed by atoms with Crippen molar-refractivity contribution in [1.82, 2.24) is 4.90 Å². The number of carbonyl (C=O) groups excluding carboxylic acids is 1. The van der Waals surface area contributed by atoms with Crippen LogP contribution in [-0.2, 0) is 0 Å². The van der Waals surface area contributed by atoms with Gasteiger partial charge in [0.25, 0.3) is 5.91 Å². The van der Waals surface area contributed by atoms with Crippen molar-refractivity contribution in [3.63, 3.8) is 0 Å². The smallest absolute Gasteiger partial charge is 0.289 e. The van der Waals surface area contributed by atoms with Crippen molar-refractivity contribution in [1.29, 1.82) is 0 Å². The lowest BCUT2D eigenvalue weighted by molar-refractivity contribution is 0.0199. The normalized spacial score (nSPS) is 30.7. The summed E-state index contributed by atoms with van der Waals surface area (Å²) >= 11 is 3.23. The van der Waals surface area contributed by atoms with Gasteiger partial charge in [0.05, 0.1) is 6.10 Å². The number of carbonyl (C=O) groups is 1. The molecule has 0 radical (unpaired) electrons. The molecule has 3 unspecified atom stereocenters. The molecule has 1 saturated heterocycles. The number of rotatable bonds is 2. The molecule has 1 saturated carbocycles. The zero-order valence-corrected chi connectivity index (χ0v) is 13.0. The van der Waals surface area contributed by atoms with Gasteiger partial charge in [-0.05, 0) is 53.7 Å². The van der Waals surface area contributed by atoms with E-state index in [4.69, 9.17) is 4.42 Å². The van der Waals surface area contributed by atoms with E-state index in [0.717, 1.165) is 45.1 Å². The van der Waals surface area contributed by atoms with Crippen LogP contribution in [0, 0.1) is 5.92 Å². The fraction of sp³-hybridized carbons (Fsp3) is 0.667. The molecule has 2 aliphatic rings. The number of hydrogen-bond donors (Lipinski definition) is 1. The predicted octanol–water partition coefficient (Wildman–Crippen LogP) is 3.20. The average Bonchev–Trinajstić information content (AvgIpc) is 3.07. The van der Waals surface area contributed by atoms with Crippen molar-refractivity contribution in [3.8, 4) is 0 Å². The maximum Gasteiger partial charge on any atom is 0.289 e. The SMILES string of the molecule is O=C(c1ccc(Br)o1)N1CCCC1C1CCCCC1O. The Kier molecular flexibility index (Phi) is 4.17. The highest BCUT2D eigenvalue weighted by atomic mass is 79.9. The molecule has 0 aromatic carbocycles. The van der Waals surface area contributed by atoms with E-state index < -0.39 is 0 Å². The Morgan fingerprint density at radius 1 is 1.25 bits per heavy atom. The van der Waals surface area contributed by atoms with Gasteiger partial charge in [0, 0.05) is 18.5 Å². The van der Waals surface area contributed by atoms with Gasteiger partial charge in [-0.3, -0.25) is 4.79 Å². The van der Waals surface area contributed by atoms with E-state index in [0.29, 0.717) is 10.4 Å². The summed E-state index contributed by atoms with van der Waals surface area (Å²) in [7, 11) is 0. The number of halogens is 1. The van der Waals surface area contributed by atoms with Crippen molar-refractivity contribution in [2.45, 2.75) is 50.7 Å². The summed E-state index contributed by atoms with van der Waals surface area (Å²) in [4.78, 5) is 14.5. The minimum Gasteiger partial charge on any atom is -0.444 e. The van der Waals surface area contributed by atoms with E-state index in [9.17, 15) is 9.90 Å². The fourth-order valence-corrected chi connectivity index (χ4v) is 3.96. The van der Waals surface area contributed by atoms with Gasteiger partial charge in [-0.2, -0.15) is 0 Å². The van der Waals surface area contributed by atoms with Gasteiger partial charge in [0.15, 0.2) is 10.4 Å². The maximum atomic E-state index is 12.5. The molecule has 1 aromatic heterocycles. The van der Waals surface area contributed by atoms with E-state index in [1.165, 1.54) is 0 Å². The first-order valence-corrected chi connectivity index (χ1v) is 8.20. The van der Waals surface area contributed by atoms with Crippen LogP contribution >= 0.6 is 15.9 Å². The van der Waals surface area contributed by atoms with E-state index >= 15 is 0 Å². The first-order valence-electron chi connectivity index (χ1n) is 7.41. The van der Waals surface area contributed by atoms with Gasteiger partial charge in [0.2, 0.25) is 0 Å². The van der Waals surface area contributed by atoms with Crippen LogP contribution in [0.25, 0.3) is 0 Å². The summed E-state index contributed by atoms with van der Waals surface area (Å²) < 4.78 is 5.96. The number of furan rings is 1. The summed E-state index contributed by atoms with van der Waals surface area (Å²) in [5.41, 5.74) is 0. The van der Waals surface area contributed by atoms with E-state index in [2.05, 4.69) is 15.9 Å². The molecule has 0 spiro atoms. The minimum atomic E-state index is -0.259. The van der Waals surface area contributed by atoms with Crippen molar-refractivity contribution < 1.29 is 14.3 Å². The highest BCUT2D eigenvalue weighted by Crippen LogP contribution is 2.35. The molecule has 2 heterocycles. The van der Waals surface area contributed by atoms with Gasteiger partial charge in [0.1, 0.15) is 0 Å². The minimum absolute atomic E-state index is 0.0454. The summed E-state index contributed by atoms with van der Waals surface area (Å²) in [6.45, 7) is 0.769. The zero-order valence-electron chi connectivity index (χ0n) is 11.4. The molecule has 110 valence electrons. The lowest BCUT2D eigenvalue weighted by Gasteiger charge is -2.36. The third kappa shape index (κ3) is 2.66. The monoisotopic (exact) mass is 341 g/mol. The Bertz CT molecular complexity index is 487. The van der Waals surface area contributed by atoms with Gasteiger partial charge in [-0.1, -0.05) is 12.8 Å². The number of hydrogen-bond acceptors (Lipinski definition) is 3. The number of aliphatic hydroxyl groups is 1. The van der Waals surface area contributed by atoms with E-state index in [1.807, 2.05) is 4.90 Å². The molecule has 1 N–H and O–H groups in total. The van der Waals surface area contributed by atoms with Crippen molar-refractivity contribution in [3.05, 3.63) is 22.6 Å². The summed E-state index contributed by atoms with van der Waals surface area (Å²) in [5, 5.41) is 10.2. The maximum absolute atomic E-state index is 12.5. The second-order valence-electron chi connectivity index (χ2n) is 5.83. The van der Waals surface area contributed by atoms with Crippen molar-refractivity contribution in [2.24, 2.45) is 5.92 Å². The molecule has 1 aliphatic carbocycles. The van der Waals surface area contributed by atoms with Crippen molar-refractivity contribution in [2.75, 3.05) is 6.54 Å². The molecule has 2 fully saturated rings. The second-order valence-corrected chi connectivity index (χ2v) is 6.61. The van der Waals surface area contributed by atoms with Crippen LogP contribution < -0.4 is 0 Å². The lowest BCUT2D eigenvalue weighted by Crippen LogP contribution is -2.45. The molecule has 1 amide bonds. The largest absolute Gasteiger partial charge is 0.444 e. The van der Waals surface area contributed by atoms with Gasteiger partial charge >= 0.3 is 0 Å². The Labute approximate surface area is 127 Å². The molecular weight excluding hydrogens is 322 g/mol.